The molecule has 1 N–H and O–H groups in total. The lowest BCUT2D eigenvalue weighted by Crippen LogP contribution is -2.35. The number of aromatic nitrogens is 2. The minimum Gasteiger partial charge on any atom is -0.377 e. The van der Waals surface area contributed by atoms with Gasteiger partial charge in [0.05, 0.1) is 27.8 Å². The molecule has 0 amide bonds. The molecule has 11 heteroatoms. The lowest BCUT2D eigenvalue weighted by Gasteiger charge is -2.22. The molecule has 1 atom stereocenters. The molecular formula is C22H21Cl2F2N3O3S. The van der Waals surface area contributed by atoms with Gasteiger partial charge in [-0.1, -0.05) is 35.3 Å². The molecule has 1 aromatic heterocycles. The first-order valence-electron chi connectivity index (χ1n) is 10.0. The molecule has 1 fully saturated rings. The van der Waals surface area contributed by atoms with Crippen molar-refractivity contribution in [1.29, 1.82) is 0 Å². The highest BCUT2D eigenvalue weighted by atomic mass is 35.5. The van der Waals surface area contributed by atoms with Crippen LogP contribution in [0, 0.1) is 11.6 Å². The van der Waals surface area contributed by atoms with E-state index in [1.807, 2.05) is 6.92 Å². The van der Waals surface area contributed by atoms with Crippen LogP contribution in [0.15, 0.2) is 47.6 Å². The van der Waals surface area contributed by atoms with Gasteiger partial charge < -0.3 is 9.72 Å². The highest BCUT2D eigenvalue weighted by Gasteiger charge is 2.41. The number of hydrogen-bond donors (Lipinski definition) is 1. The molecule has 0 radical (unpaired) electrons. The molecule has 0 spiro atoms. The second kappa shape index (κ2) is 8.96. The van der Waals surface area contributed by atoms with E-state index < -0.39 is 33.2 Å². The van der Waals surface area contributed by atoms with Gasteiger partial charge in [0, 0.05) is 20.2 Å². The molecule has 2 aromatic carbocycles. The van der Waals surface area contributed by atoms with E-state index in [4.69, 9.17) is 27.9 Å². The molecule has 0 aliphatic carbocycles. The number of sulfonamides is 1. The quantitative estimate of drug-likeness (QED) is 0.502. The van der Waals surface area contributed by atoms with Crippen molar-refractivity contribution in [3.63, 3.8) is 0 Å². The van der Waals surface area contributed by atoms with Crippen molar-refractivity contribution in [2.45, 2.75) is 29.9 Å². The second-order valence-corrected chi connectivity index (χ2v) is 10.9. The molecule has 0 bridgehead atoms. The monoisotopic (exact) mass is 515 g/mol. The minimum atomic E-state index is -3.86. The molecule has 0 saturated carbocycles. The molecule has 1 saturated heterocycles. The fraction of sp³-hybridized carbons (Fsp3) is 0.318. The number of nitrogens with one attached hydrogen (secondary N) is 1. The van der Waals surface area contributed by atoms with Gasteiger partial charge in [-0.3, -0.25) is 0 Å². The Morgan fingerprint density at radius 1 is 1.12 bits per heavy atom. The number of ether oxygens (including phenoxy) is 1. The summed E-state index contributed by atoms with van der Waals surface area (Å²) >= 11 is 12.0. The third kappa shape index (κ3) is 4.65. The Balaban J connectivity index is 1.76. The van der Waals surface area contributed by atoms with Crippen molar-refractivity contribution in [1.82, 2.24) is 14.3 Å². The van der Waals surface area contributed by atoms with E-state index in [0.717, 1.165) is 0 Å². The average molecular weight is 516 g/mol. The van der Waals surface area contributed by atoms with Crippen LogP contribution in [0.1, 0.15) is 36.2 Å². The van der Waals surface area contributed by atoms with Crippen LogP contribution in [0.5, 0.6) is 0 Å². The molecule has 1 unspecified atom stereocenters. The van der Waals surface area contributed by atoms with Crippen molar-refractivity contribution in [2.75, 3.05) is 20.2 Å². The zero-order valence-corrected chi connectivity index (χ0v) is 20.1. The van der Waals surface area contributed by atoms with Gasteiger partial charge in [-0.15, -0.1) is 0 Å². The zero-order valence-electron chi connectivity index (χ0n) is 17.8. The normalized spacial score (nSPS) is 19.5. The first-order valence-corrected chi connectivity index (χ1v) is 12.2. The van der Waals surface area contributed by atoms with E-state index in [1.165, 1.54) is 46.9 Å². The Labute approximate surface area is 200 Å². The predicted octanol–water partition coefficient (Wildman–Crippen LogP) is 4.97. The SMILES string of the molecule is COC1(C)CCN(S(=O)(=O)c2cnc(C(c3ccc(F)c(Cl)c3)c3ccc(F)c(Cl)c3)[nH]2)C1. The first-order chi connectivity index (χ1) is 15.5. The number of H-pyrrole nitrogens is 1. The summed E-state index contributed by atoms with van der Waals surface area (Å²) in [6.45, 7) is 2.38. The van der Waals surface area contributed by atoms with E-state index in [-0.39, 0.29) is 27.4 Å². The Hall–Kier alpha value is -2.04. The van der Waals surface area contributed by atoms with Gasteiger partial charge >= 0.3 is 0 Å². The number of hydrogen-bond acceptors (Lipinski definition) is 4. The molecular weight excluding hydrogens is 495 g/mol. The molecule has 6 nitrogen and oxygen atoms in total. The van der Waals surface area contributed by atoms with Crippen LogP contribution in [0.25, 0.3) is 0 Å². The van der Waals surface area contributed by atoms with Gasteiger partial charge in [0.15, 0.2) is 5.03 Å². The van der Waals surface area contributed by atoms with E-state index in [1.54, 1.807) is 7.11 Å². The Morgan fingerprint density at radius 2 is 1.70 bits per heavy atom. The number of rotatable bonds is 6. The van der Waals surface area contributed by atoms with Crippen LogP contribution in [0.2, 0.25) is 10.0 Å². The van der Waals surface area contributed by atoms with Crippen LogP contribution in [-0.4, -0.2) is 48.5 Å². The zero-order chi connectivity index (χ0) is 24.0. The molecule has 4 rings (SSSR count). The topological polar surface area (TPSA) is 75.3 Å². The van der Waals surface area contributed by atoms with Crippen molar-refractivity contribution < 1.29 is 21.9 Å². The lowest BCUT2D eigenvalue weighted by molar-refractivity contribution is 0.0198. The number of benzene rings is 2. The maximum absolute atomic E-state index is 13.8. The predicted molar refractivity (Wildman–Crippen MR) is 121 cm³/mol. The van der Waals surface area contributed by atoms with Gasteiger partial charge in [0.2, 0.25) is 0 Å². The standard InChI is InChI=1S/C22H21Cl2F2N3O3S/c1-22(32-2)7-8-29(12-22)33(30,31)19-11-27-21(28-19)20(13-3-5-17(25)15(23)9-13)14-4-6-18(26)16(24)10-14/h3-6,9-11,20H,7-8,12H2,1-2H3,(H,27,28). The highest BCUT2D eigenvalue weighted by Crippen LogP contribution is 2.35. The van der Waals surface area contributed by atoms with E-state index >= 15 is 0 Å². The van der Waals surface area contributed by atoms with Crippen LogP contribution >= 0.6 is 23.2 Å². The van der Waals surface area contributed by atoms with Gasteiger partial charge in [-0.2, -0.15) is 4.31 Å². The summed E-state index contributed by atoms with van der Waals surface area (Å²) in [6.07, 6.45) is 1.80. The van der Waals surface area contributed by atoms with E-state index in [0.29, 0.717) is 24.1 Å². The summed E-state index contributed by atoms with van der Waals surface area (Å²) in [5, 5.41) is -0.314. The van der Waals surface area contributed by atoms with Gasteiger partial charge in [-0.25, -0.2) is 22.2 Å². The van der Waals surface area contributed by atoms with Crippen molar-refractivity contribution in [3.05, 3.63) is 81.2 Å². The number of methoxy groups -OCH3 is 1. The summed E-state index contributed by atoms with van der Waals surface area (Å²) < 4.78 is 60.8. The number of halogens is 4. The van der Waals surface area contributed by atoms with Crippen LogP contribution in [0.3, 0.4) is 0 Å². The molecule has 33 heavy (non-hydrogen) atoms. The summed E-state index contributed by atoms with van der Waals surface area (Å²) in [6, 6.07) is 8.24. The van der Waals surface area contributed by atoms with E-state index in [2.05, 4.69) is 9.97 Å². The number of aromatic amines is 1. The third-order valence-corrected chi connectivity index (χ3v) is 8.25. The summed E-state index contributed by atoms with van der Waals surface area (Å²) in [5.41, 5.74) is 0.486. The fourth-order valence-electron chi connectivity index (χ4n) is 3.89. The average Bonchev–Trinajstić information content (AvgIpc) is 3.42. The van der Waals surface area contributed by atoms with Crippen LogP contribution in [0.4, 0.5) is 8.78 Å². The van der Waals surface area contributed by atoms with Crippen molar-refractivity contribution in [3.8, 4) is 0 Å². The maximum atomic E-state index is 13.8. The van der Waals surface area contributed by atoms with Gasteiger partial charge in [0.1, 0.15) is 17.5 Å². The summed E-state index contributed by atoms with van der Waals surface area (Å²) in [4.78, 5) is 7.19. The molecule has 3 aromatic rings. The largest absolute Gasteiger partial charge is 0.377 e. The van der Waals surface area contributed by atoms with Gasteiger partial charge in [-0.05, 0) is 48.7 Å². The summed E-state index contributed by atoms with van der Waals surface area (Å²) in [7, 11) is -2.31. The molecule has 176 valence electrons. The molecule has 1 aliphatic heterocycles. The van der Waals surface area contributed by atoms with Crippen molar-refractivity contribution >= 4 is 33.2 Å². The Morgan fingerprint density at radius 3 is 2.18 bits per heavy atom. The number of nitrogens with zero attached hydrogens (tertiary/aromatic N) is 2. The first kappa shape index (κ1) is 24.1. The lowest BCUT2D eigenvalue weighted by atomic mass is 9.90. The summed E-state index contributed by atoms with van der Waals surface area (Å²) in [5.74, 6) is -1.65. The molecule has 2 heterocycles. The maximum Gasteiger partial charge on any atom is 0.260 e. The fourth-order valence-corrected chi connectivity index (χ4v) is 5.74. The minimum absolute atomic E-state index is 0.0933. The second-order valence-electron chi connectivity index (χ2n) is 8.16. The van der Waals surface area contributed by atoms with E-state index in [9.17, 15) is 17.2 Å². The van der Waals surface area contributed by atoms with Crippen LogP contribution < -0.4 is 0 Å². The van der Waals surface area contributed by atoms with Crippen molar-refractivity contribution in [2.24, 2.45) is 0 Å². The Bertz CT molecular complexity index is 1250. The molecule has 1 aliphatic rings. The smallest absolute Gasteiger partial charge is 0.260 e. The third-order valence-electron chi connectivity index (χ3n) is 5.91. The highest BCUT2D eigenvalue weighted by molar-refractivity contribution is 7.89. The van der Waals surface area contributed by atoms with Crippen LogP contribution in [-0.2, 0) is 14.8 Å². The van der Waals surface area contributed by atoms with Gasteiger partial charge in [0.25, 0.3) is 10.0 Å². The number of imidazole rings is 1. The Kier molecular flexibility index (Phi) is 6.54.